The molecule has 0 aliphatic rings. The van der Waals surface area contributed by atoms with Gasteiger partial charge in [-0.25, -0.2) is 0 Å². The van der Waals surface area contributed by atoms with Crippen LogP contribution >= 0.6 is 0 Å². The van der Waals surface area contributed by atoms with E-state index in [2.05, 4.69) is 19.1 Å². The van der Waals surface area contributed by atoms with Gasteiger partial charge >= 0.3 is 0 Å². The first-order valence-corrected chi connectivity index (χ1v) is 7.05. The van der Waals surface area contributed by atoms with Crippen molar-refractivity contribution in [3.05, 3.63) is 35.9 Å². The number of aliphatic hydroxyl groups is 1. The van der Waals surface area contributed by atoms with Gasteiger partial charge in [0.2, 0.25) is 0 Å². The van der Waals surface area contributed by atoms with Crippen LogP contribution < -0.4 is 0 Å². The fourth-order valence-corrected chi connectivity index (χ4v) is 2.00. The molecule has 1 N–H and O–H groups in total. The highest BCUT2D eigenvalue weighted by Gasteiger charge is 2.00. The third kappa shape index (κ3) is 7.46. The SMILES string of the molecule is C[C@H](CCO)CCCCCOCc1ccccc1. The van der Waals surface area contributed by atoms with Gasteiger partial charge in [-0.15, -0.1) is 0 Å². The Morgan fingerprint density at radius 3 is 2.56 bits per heavy atom. The van der Waals surface area contributed by atoms with E-state index in [0.717, 1.165) is 26.1 Å². The van der Waals surface area contributed by atoms with Crippen LogP contribution in [0.3, 0.4) is 0 Å². The van der Waals surface area contributed by atoms with Gasteiger partial charge in [0.15, 0.2) is 0 Å². The molecule has 2 heteroatoms. The lowest BCUT2D eigenvalue weighted by atomic mass is 10.0. The smallest absolute Gasteiger partial charge is 0.0716 e. The zero-order chi connectivity index (χ0) is 13.1. The zero-order valence-corrected chi connectivity index (χ0v) is 11.5. The average molecular weight is 250 g/mol. The van der Waals surface area contributed by atoms with Crippen LogP contribution in [0.1, 0.15) is 44.6 Å². The number of ether oxygens (including phenoxy) is 1. The Balaban J connectivity index is 1.90. The Morgan fingerprint density at radius 2 is 1.83 bits per heavy atom. The molecule has 18 heavy (non-hydrogen) atoms. The minimum absolute atomic E-state index is 0.321. The van der Waals surface area contributed by atoms with Crippen molar-refractivity contribution < 1.29 is 9.84 Å². The Morgan fingerprint density at radius 1 is 1.06 bits per heavy atom. The topological polar surface area (TPSA) is 29.5 Å². The minimum Gasteiger partial charge on any atom is -0.396 e. The lowest BCUT2D eigenvalue weighted by molar-refractivity contribution is 0.116. The van der Waals surface area contributed by atoms with E-state index in [1.807, 2.05) is 18.2 Å². The van der Waals surface area contributed by atoms with Gasteiger partial charge in [-0.2, -0.15) is 0 Å². The van der Waals surface area contributed by atoms with Crippen LogP contribution in [0.5, 0.6) is 0 Å². The van der Waals surface area contributed by atoms with Gasteiger partial charge in [0, 0.05) is 13.2 Å². The fraction of sp³-hybridized carbons (Fsp3) is 0.625. The second kappa shape index (κ2) is 10.1. The molecule has 0 aliphatic carbocycles. The Bertz CT molecular complexity index is 284. The molecule has 0 fully saturated rings. The Labute approximate surface area is 111 Å². The molecule has 102 valence electrons. The molecule has 0 unspecified atom stereocenters. The zero-order valence-electron chi connectivity index (χ0n) is 11.5. The molecule has 0 bridgehead atoms. The quantitative estimate of drug-likeness (QED) is 0.640. The summed E-state index contributed by atoms with van der Waals surface area (Å²) in [5.41, 5.74) is 1.24. The summed E-state index contributed by atoms with van der Waals surface area (Å²) in [6.07, 6.45) is 5.77. The summed E-state index contributed by atoms with van der Waals surface area (Å²) in [7, 11) is 0. The Hall–Kier alpha value is -0.860. The standard InChI is InChI=1S/C16H26O2/c1-15(11-12-17)8-4-3-7-13-18-14-16-9-5-2-6-10-16/h2,5-6,9-10,15,17H,3-4,7-8,11-14H2,1H3/t15-/m0/s1. The van der Waals surface area contributed by atoms with Crippen LogP contribution in [0.25, 0.3) is 0 Å². The van der Waals surface area contributed by atoms with Crippen molar-refractivity contribution in [3.63, 3.8) is 0 Å². The molecule has 1 aromatic rings. The maximum absolute atomic E-state index is 8.80. The van der Waals surface area contributed by atoms with E-state index in [9.17, 15) is 0 Å². The van der Waals surface area contributed by atoms with E-state index in [1.54, 1.807) is 0 Å². The van der Waals surface area contributed by atoms with Crippen molar-refractivity contribution in [1.82, 2.24) is 0 Å². The summed E-state index contributed by atoms with van der Waals surface area (Å²) >= 11 is 0. The normalized spacial score (nSPS) is 12.6. The molecule has 1 atom stereocenters. The van der Waals surface area contributed by atoms with Crippen molar-refractivity contribution in [1.29, 1.82) is 0 Å². The molecular weight excluding hydrogens is 224 g/mol. The maximum Gasteiger partial charge on any atom is 0.0716 e. The van der Waals surface area contributed by atoms with Crippen molar-refractivity contribution in [3.8, 4) is 0 Å². The Kier molecular flexibility index (Phi) is 8.53. The van der Waals surface area contributed by atoms with E-state index in [1.165, 1.54) is 24.8 Å². The van der Waals surface area contributed by atoms with Gasteiger partial charge in [-0.05, 0) is 24.3 Å². The highest BCUT2D eigenvalue weighted by atomic mass is 16.5. The number of aliphatic hydroxyl groups excluding tert-OH is 1. The van der Waals surface area contributed by atoms with Crippen LogP contribution in [-0.4, -0.2) is 18.3 Å². The van der Waals surface area contributed by atoms with Crippen LogP contribution in [0.2, 0.25) is 0 Å². The number of hydrogen-bond donors (Lipinski definition) is 1. The third-order valence-electron chi connectivity index (χ3n) is 3.22. The van der Waals surface area contributed by atoms with Gasteiger partial charge in [-0.1, -0.05) is 56.5 Å². The predicted octanol–water partition coefficient (Wildman–Crippen LogP) is 3.78. The molecule has 2 nitrogen and oxygen atoms in total. The van der Waals surface area contributed by atoms with E-state index < -0.39 is 0 Å². The molecule has 1 rings (SSSR count). The van der Waals surface area contributed by atoms with Gasteiger partial charge in [0.1, 0.15) is 0 Å². The van der Waals surface area contributed by atoms with Gasteiger partial charge < -0.3 is 9.84 Å². The lowest BCUT2D eigenvalue weighted by Crippen LogP contribution is -1.99. The highest BCUT2D eigenvalue weighted by Crippen LogP contribution is 2.12. The van der Waals surface area contributed by atoms with Gasteiger partial charge in [0.05, 0.1) is 6.61 Å². The average Bonchev–Trinajstić information content (AvgIpc) is 2.39. The second-order valence-corrected chi connectivity index (χ2v) is 5.00. The van der Waals surface area contributed by atoms with Gasteiger partial charge in [-0.3, -0.25) is 0 Å². The minimum atomic E-state index is 0.321. The van der Waals surface area contributed by atoms with Crippen LogP contribution in [0.15, 0.2) is 30.3 Å². The van der Waals surface area contributed by atoms with Crippen molar-refractivity contribution >= 4 is 0 Å². The molecule has 0 heterocycles. The van der Waals surface area contributed by atoms with E-state index in [-0.39, 0.29) is 0 Å². The summed E-state index contributed by atoms with van der Waals surface area (Å²) in [5.74, 6) is 0.653. The molecular formula is C16H26O2. The monoisotopic (exact) mass is 250 g/mol. The fourth-order valence-electron chi connectivity index (χ4n) is 2.00. The number of benzene rings is 1. The van der Waals surface area contributed by atoms with Crippen LogP contribution in [-0.2, 0) is 11.3 Å². The molecule has 0 aromatic heterocycles. The first-order valence-electron chi connectivity index (χ1n) is 7.05. The highest BCUT2D eigenvalue weighted by molar-refractivity contribution is 5.13. The van der Waals surface area contributed by atoms with E-state index >= 15 is 0 Å². The third-order valence-corrected chi connectivity index (χ3v) is 3.22. The van der Waals surface area contributed by atoms with Crippen molar-refractivity contribution in [2.24, 2.45) is 5.92 Å². The van der Waals surface area contributed by atoms with Crippen molar-refractivity contribution in [2.45, 2.75) is 45.6 Å². The predicted molar refractivity (Wildman–Crippen MR) is 75.4 cm³/mol. The first kappa shape index (κ1) is 15.2. The molecule has 0 saturated heterocycles. The second-order valence-electron chi connectivity index (χ2n) is 5.00. The molecule has 0 spiro atoms. The van der Waals surface area contributed by atoms with Crippen LogP contribution in [0.4, 0.5) is 0 Å². The molecule has 0 radical (unpaired) electrons. The molecule has 0 aliphatic heterocycles. The summed E-state index contributed by atoms with van der Waals surface area (Å²) in [6.45, 7) is 4.11. The maximum atomic E-state index is 8.80. The number of hydrogen-bond acceptors (Lipinski definition) is 2. The van der Waals surface area contributed by atoms with Crippen LogP contribution in [0, 0.1) is 5.92 Å². The summed E-state index contributed by atoms with van der Waals surface area (Å²) in [6, 6.07) is 10.3. The van der Waals surface area contributed by atoms with Gasteiger partial charge in [0.25, 0.3) is 0 Å². The summed E-state index contributed by atoms with van der Waals surface area (Å²) in [5, 5.41) is 8.80. The number of unbranched alkanes of at least 4 members (excludes halogenated alkanes) is 2. The lowest BCUT2D eigenvalue weighted by Gasteiger charge is -2.09. The summed E-state index contributed by atoms with van der Waals surface area (Å²) in [4.78, 5) is 0. The first-order chi connectivity index (χ1) is 8.83. The molecule has 1 aromatic carbocycles. The summed E-state index contributed by atoms with van der Waals surface area (Å²) < 4.78 is 5.63. The molecule has 0 amide bonds. The molecule has 0 saturated carbocycles. The number of rotatable bonds is 10. The largest absolute Gasteiger partial charge is 0.396 e. The van der Waals surface area contributed by atoms with E-state index in [4.69, 9.17) is 9.84 Å². The van der Waals surface area contributed by atoms with E-state index in [0.29, 0.717) is 12.5 Å². The van der Waals surface area contributed by atoms with Crippen molar-refractivity contribution in [2.75, 3.05) is 13.2 Å².